The molecule has 2 saturated heterocycles. The molecule has 1 unspecified atom stereocenters. The van der Waals surface area contributed by atoms with Crippen molar-refractivity contribution in [2.45, 2.75) is 6.17 Å². The number of hydrogen-bond donors (Lipinski definition) is 0. The van der Waals surface area contributed by atoms with E-state index in [-0.39, 0.29) is 0 Å². The van der Waals surface area contributed by atoms with Crippen LogP contribution in [0.2, 0.25) is 0 Å². The fraction of sp³-hybridized carbons (Fsp3) is 0.818. The Morgan fingerprint density at radius 1 is 1.33 bits per heavy atom. The second-order valence-electron chi connectivity index (χ2n) is 4.08. The van der Waals surface area contributed by atoms with E-state index in [1.54, 1.807) is 0 Å². The Bertz CT molecular complexity index is 204. The van der Waals surface area contributed by atoms with E-state index in [9.17, 15) is 0 Å². The van der Waals surface area contributed by atoms with Crippen LogP contribution in [-0.2, 0) is 4.74 Å². The average Bonchev–Trinajstić information content (AvgIpc) is 2.31. The van der Waals surface area contributed by atoms with E-state index in [0.29, 0.717) is 6.17 Å². The third-order valence-corrected chi connectivity index (χ3v) is 3.03. The summed E-state index contributed by atoms with van der Waals surface area (Å²) in [5, 5.41) is 4.68. The molecular weight excluding hydrogens is 190 g/mol. The minimum absolute atomic E-state index is 0.377. The quantitative estimate of drug-likeness (QED) is 0.602. The summed E-state index contributed by atoms with van der Waals surface area (Å²) in [5.74, 6) is 0. The highest BCUT2D eigenvalue weighted by Crippen LogP contribution is 2.08. The molecule has 0 N–H and O–H groups in total. The number of ether oxygens (including phenoxy) is 1. The molecule has 1 radical (unpaired) electrons. The van der Waals surface area contributed by atoms with Crippen LogP contribution in [0.4, 0.5) is 0 Å². The van der Waals surface area contributed by atoms with Gasteiger partial charge in [0.25, 0.3) is 0 Å². The summed E-state index contributed by atoms with van der Waals surface area (Å²) in [6.07, 6.45) is 2.35. The van der Waals surface area contributed by atoms with E-state index in [4.69, 9.17) is 4.74 Å². The van der Waals surface area contributed by atoms with Crippen molar-refractivity contribution in [3.8, 4) is 0 Å². The van der Waals surface area contributed by atoms with Gasteiger partial charge in [0.1, 0.15) is 0 Å². The topological polar surface area (TPSA) is 29.8 Å². The molecule has 4 nitrogen and oxygen atoms in total. The zero-order chi connectivity index (χ0) is 10.5. The van der Waals surface area contributed by atoms with Crippen molar-refractivity contribution >= 4 is 0 Å². The van der Waals surface area contributed by atoms with Crippen LogP contribution in [0.25, 0.3) is 0 Å². The maximum absolute atomic E-state index is 5.35. The van der Waals surface area contributed by atoms with Gasteiger partial charge in [0.05, 0.1) is 19.4 Å². The third-order valence-electron chi connectivity index (χ3n) is 3.03. The van der Waals surface area contributed by atoms with Crippen molar-refractivity contribution in [3.05, 3.63) is 12.7 Å². The second-order valence-corrected chi connectivity index (χ2v) is 4.08. The number of rotatable bonds is 3. The summed E-state index contributed by atoms with van der Waals surface area (Å²) in [6, 6.07) is 0. The lowest BCUT2D eigenvalue weighted by atomic mass is 10.2. The Morgan fingerprint density at radius 3 is 2.87 bits per heavy atom. The third kappa shape index (κ3) is 3.01. The maximum Gasteiger partial charge on any atom is 0.0891 e. The van der Waals surface area contributed by atoms with Crippen LogP contribution in [0.1, 0.15) is 0 Å². The Labute approximate surface area is 91.9 Å². The van der Waals surface area contributed by atoms with Gasteiger partial charge in [-0.15, -0.1) is 6.58 Å². The first-order chi connectivity index (χ1) is 7.40. The van der Waals surface area contributed by atoms with Gasteiger partial charge in [-0.25, -0.2) is 5.32 Å². The van der Waals surface area contributed by atoms with Crippen LogP contribution in [-0.4, -0.2) is 68.4 Å². The van der Waals surface area contributed by atoms with Crippen molar-refractivity contribution in [3.63, 3.8) is 0 Å². The molecular formula is C11H20N3O. The van der Waals surface area contributed by atoms with E-state index in [2.05, 4.69) is 21.7 Å². The maximum atomic E-state index is 5.35. The molecule has 1 atom stereocenters. The predicted molar refractivity (Wildman–Crippen MR) is 59.8 cm³/mol. The standard InChI is InChI=1S/C11H20N3O/c1-2-4-13-5-3-12-11(10-13)14-6-8-15-9-7-14/h2,11H,1,3-10H2. The highest BCUT2D eigenvalue weighted by molar-refractivity contribution is 4.83. The molecule has 2 rings (SSSR count). The molecule has 2 aliphatic rings. The molecule has 2 heterocycles. The first-order valence-corrected chi connectivity index (χ1v) is 5.72. The first kappa shape index (κ1) is 11.1. The molecule has 4 heteroatoms. The molecule has 2 aliphatic heterocycles. The van der Waals surface area contributed by atoms with Crippen molar-refractivity contribution in [2.75, 3.05) is 52.5 Å². The van der Waals surface area contributed by atoms with Gasteiger partial charge in [-0.2, -0.15) is 0 Å². The largest absolute Gasteiger partial charge is 0.379 e. The minimum Gasteiger partial charge on any atom is -0.379 e. The van der Waals surface area contributed by atoms with Gasteiger partial charge in [0, 0.05) is 39.3 Å². The lowest BCUT2D eigenvalue weighted by molar-refractivity contribution is -0.00923. The number of hydrogen-bond acceptors (Lipinski definition) is 3. The van der Waals surface area contributed by atoms with Gasteiger partial charge < -0.3 is 4.74 Å². The van der Waals surface area contributed by atoms with Crippen molar-refractivity contribution < 1.29 is 4.74 Å². The van der Waals surface area contributed by atoms with E-state index in [1.807, 2.05) is 6.08 Å². The molecule has 2 fully saturated rings. The number of nitrogens with zero attached hydrogens (tertiary/aromatic N) is 3. The summed E-state index contributed by atoms with van der Waals surface area (Å²) in [6.45, 7) is 11.6. The van der Waals surface area contributed by atoms with Crippen LogP contribution < -0.4 is 5.32 Å². The summed E-state index contributed by atoms with van der Waals surface area (Å²) in [5.41, 5.74) is 0. The van der Waals surface area contributed by atoms with Gasteiger partial charge in [-0.05, 0) is 0 Å². The monoisotopic (exact) mass is 210 g/mol. The normalized spacial score (nSPS) is 30.3. The molecule has 0 aromatic carbocycles. The fourth-order valence-electron chi connectivity index (χ4n) is 2.18. The van der Waals surface area contributed by atoms with E-state index < -0.39 is 0 Å². The Hall–Kier alpha value is -0.420. The highest BCUT2D eigenvalue weighted by atomic mass is 16.5. The molecule has 0 aliphatic carbocycles. The SMILES string of the molecule is C=CCN1CC[N]C(N2CCOCC2)C1. The number of morpholine rings is 1. The summed E-state index contributed by atoms with van der Waals surface area (Å²) in [4.78, 5) is 4.85. The molecule has 15 heavy (non-hydrogen) atoms. The molecule has 0 bridgehead atoms. The van der Waals surface area contributed by atoms with Gasteiger partial charge >= 0.3 is 0 Å². The second kappa shape index (κ2) is 5.61. The Kier molecular flexibility index (Phi) is 4.14. The summed E-state index contributed by atoms with van der Waals surface area (Å²) >= 11 is 0. The molecule has 0 saturated carbocycles. The summed E-state index contributed by atoms with van der Waals surface area (Å²) < 4.78 is 5.35. The average molecular weight is 210 g/mol. The van der Waals surface area contributed by atoms with E-state index in [0.717, 1.165) is 52.5 Å². The van der Waals surface area contributed by atoms with Crippen LogP contribution in [0.15, 0.2) is 12.7 Å². The zero-order valence-corrected chi connectivity index (χ0v) is 9.27. The van der Waals surface area contributed by atoms with Crippen LogP contribution in [0.5, 0.6) is 0 Å². The summed E-state index contributed by atoms with van der Waals surface area (Å²) in [7, 11) is 0. The van der Waals surface area contributed by atoms with Crippen molar-refractivity contribution in [1.82, 2.24) is 15.1 Å². The van der Waals surface area contributed by atoms with Gasteiger partial charge in [0.2, 0.25) is 0 Å². The van der Waals surface area contributed by atoms with Crippen LogP contribution in [0.3, 0.4) is 0 Å². The van der Waals surface area contributed by atoms with Gasteiger partial charge in [-0.3, -0.25) is 9.80 Å². The van der Waals surface area contributed by atoms with Crippen LogP contribution >= 0.6 is 0 Å². The predicted octanol–water partition coefficient (Wildman–Crippen LogP) is -0.249. The molecule has 0 spiro atoms. The molecule has 0 amide bonds. The molecule has 85 valence electrons. The molecule has 0 aromatic rings. The highest BCUT2D eigenvalue weighted by Gasteiger charge is 2.26. The van der Waals surface area contributed by atoms with Crippen molar-refractivity contribution in [2.24, 2.45) is 0 Å². The van der Waals surface area contributed by atoms with E-state index >= 15 is 0 Å². The minimum atomic E-state index is 0.377. The van der Waals surface area contributed by atoms with Crippen molar-refractivity contribution in [1.29, 1.82) is 0 Å². The number of piperazine rings is 1. The smallest absolute Gasteiger partial charge is 0.0891 e. The zero-order valence-electron chi connectivity index (χ0n) is 9.27. The lowest BCUT2D eigenvalue weighted by Gasteiger charge is -2.40. The van der Waals surface area contributed by atoms with Crippen LogP contribution in [0, 0.1) is 0 Å². The fourth-order valence-corrected chi connectivity index (χ4v) is 2.18. The Morgan fingerprint density at radius 2 is 2.13 bits per heavy atom. The van der Waals surface area contributed by atoms with E-state index in [1.165, 1.54) is 0 Å². The molecule has 0 aromatic heterocycles. The van der Waals surface area contributed by atoms with Gasteiger partial charge in [0.15, 0.2) is 0 Å². The lowest BCUT2D eigenvalue weighted by Crippen LogP contribution is -2.57. The first-order valence-electron chi connectivity index (χ1n) is 5.72. The van der Waals surface area contributed by atoms with Gasteiger partial charge in [-0.1, -0.05) is 6.08 Å². The Balaban J connectivity index is 1.82.